The van der Waals surface area contributed by atoms with E-state index in [1.165, 1.54) is 6.07 Å². The van der Waals surface area contributed by atoms with Crippen LogP contribution in [0.25, 0.3) is 0 Å². The lowest BCUT2D eigenvalue weighted by molar-refractivity contribution is 0.0324. The highest BCUT2D eigenvalue weighted by atomic mass is 19.1. The maximum absolute atomic E-state index is 13.7. The molecule has 0 bridgehead atoms. The smallest absolute Gasteiger partial charge is 0.128 e. The third kappa shape index (κ3) is 3.48. The SMILES string of the molecule is CCOC(CC)C(NC)c1cc(F)ccc1F. The van der Waals surface area contributed by atoms with E-state index in [2.05, 4.69) is 5.32 Å². The fourth-order valence-electron chi connectivity index (χ4n) is 1.96. The summed E-state index contributed by atoms with van der Waals surface area (Å²) < 4.78 is 32.4. The minimum atomic E-state index is -0.437. The highest BCUT2D eigenvalue weighted by molar-refractivity contribution is 5.23. The van der Waals surface area contributed by atoms with Gasteiger partial charge in [0.15, 0.2) is 0 Å². The number of hydrogen-bond donors (Lipinski definition) is 1. The Hall–Kier alpha value is -1.00. The molecule has 0 aliphatic heterocycles. The summed E-state index contributed by atoms with van der Waals surface area (Å²) in [5.74, 6) is -0.850. The second-order valence-corrected chi connectivity index (χ2v) is 3.83. The number of hydrogen-bond acceptors (Lipinski definition) is 2. The fourth-order valence-corrected chi connectivity index (χ4v) is 1.96. The van der Waals surface area contributed by atoms with Crippen molar-refractivity contribution in [1.29, 1.82) is 0 Å². The van der Waals surface area contributed by atoms with Gasteiger partial charge in [0.05, 0.1) is 12.1 Å². The Labute approximate surface area is 101 Å². The van der Waals surface area contributed by atoms with Crippen molar-refractivity contribution >= 4 is 0 Å². The summed E-state index contributed by atoms with van der Waals surface area (Å²) in [6, 6.07) is 3.15. The zero-order chi connectivity index (χ0) is 12.8. The van der Waals surface area contributed by atoms with Crippen LogP contribution in [-0.4, -0.2) is 19.8 Å². The molecule has 0 aliphatic carbocycles. The predicted octanol–water partition coefficient (Wildman–Crippen LogP) is 3.04. The molecular formula is C13H19F2NO. The first-order valence-corrected chi connectivity index (χ1v) is 5.87. The number of likely N-dealkylation sites (N-methyl/N-ethyl adjacent to an activating group) is 1. The topological polar surface area (TPSA) is 21.3 Å². The van der Waals surface area contributed by atoms with Gasteiger partial charge in [0.2, 0.25) is 0 Å². The Kier molecular flexibility index (Phi) is 5.51. The van der Waals surface area contributed by atoms with Gasteiger partial charge in [0.1, 0.15) is 11.6 Å². The number of rotatable bonds is 6. The summed E-state index contributed by atoms with van der Waals surface area (Å²) in [6.07, 6.45) is 0.566. The summed E-state index contributed by atoms with van der Waals surface area (Å²) in [6.45, 7) is 4.40. The molecule has 0 spiro atoms. The van der Waals surface area contributed by atoms with Gasteiger partial charge < -0.3 is 10.1 Å². The van der Waals surface area contributed by atoms with Crippen LogP contribution in [0.2, 0.25) is 0 Å². The lowest BCUT2D eigenvalue weighted by atomic mass is 9.99. The molecule has 1 aromatic carbocycles. The second kappa shape index (κ2) is 6.67. The van der Waals surface area contributed by atoms with E-state index >= 15 is 0 Å². The molecule has 2 atom stereocenters. The van der Waals surface area contributed by atoms with E-state index in [9.17, 15) is 8.78 Å². The van der Waals surface area contributed by atoms with Gasteiger partial charge in [-0.1, -0.05) is 6.92 Å². The maximum atomic E-state index is 13.7. The molecule has 0 saturated heterocycles. The highest BCUT2D eigenvalue weighted by Crippen LogP contribution is 2.24. The van der Waals surface area contributed by atoms with Gasteiger partial charge in [-0.15, -0.1) is 0 Å². The molecule has 0 radical (unpaired) electrons. The molecule has 1 N–H and O–H groups in total. The molecular weight excluding hydrogens is 224 g/mol. The zero-order valence-corrected chi connectivity index (χ0v) is 10.5. The highest BCUT2D eigenvalue weighted by Gasteiger charge is 2.23. The molecule has 0 aromatic heterocycles. The van der Waals surface area contributed by atoms with E-state index in [0.29, 0.717) is 12.2 Å². The molecule has 96 valence electrons. The molecule has 2 nitrogen and oxygen atoms in total. The van der Waals surface area contributed by atoms with Crippen LogP contribution in [0.4, 0.5) is 8.78 Å². The molecule has 0 heterocycles. The Bertz CT molecular complexity index is 357. The number of ether oxygens (including phenoxy) is 1. The average Bonchev–Trinajstić information content (AvgIpc) is 2.33. The first kappa shape index (κ1) is 14.1. The van der Waals surface area contributed by atoms with E-state index in [0.717, 1.165) is 18.6 Å². The standard InChI is InChI=1S/C13H19F2NO/c1-4-12(17-5-2)13(16-3)10-8-9(14)6-7-11(10)15/h6-8,12-13,16H,4-5H2,1-3H3. The van der Waals surface area contributed by atoms with E-state index in [4.69, 9.17) is 4.74 Å². The van der Waals surface area contributed by atoms with Crippen molar-refractivity contribution in [2.45, 2.75) is 32.4 Å². The van der Waals surface area contributed by atoms with Crippen molar-refractivity contribution in [2.24, 2.45) is 0 Å². The van der Waals surface area contributed by atoms with Crippen LogP contribution in [0.3, 0.4) is 0 Å². The quantitative estimate of drug-likeness (QED) is 0.829. The molecule has 2 unspecified atom stereocenters. The van der Waals surface area contributed by atoms with Gasteiger partial charge in [0.25, 0.3) is 0 Å². The minimum Gasteiger partial charge on any atom is -0.377 e. The van der Waals surface area contributed by atoms with E-state index in [1.807, 2.05) is 13.8 Å². The maximum Gasteiger partial charge on any atom is 0.128 e. The van der Waals surface area contributed by atoms with Crippen LogP contribution in [-0.2, 0) is 4.74 Å². The van der Waals surface area contributed by atoms with Crippen LogP contribution in [0.1, 0.15) is 31.9 Å². The Balaban J connectivity index is 3.02. The van der Waals surface area contributed by atoms with E-state index < -0.39 is 11.6 Å². The molecule has 4 heteroatoms. The Morgan fingerprint density at radius 2 is 2.00 bits per heavy atom. The second-order valence-electron chi connectivity index (χ2n) is 3.83. The van der Waals surface area contributed by atoms with Crippen LogP contribution in [0.5, 0.6) is 0 Å². The van der Waals surface area contributed by atoms with Crippen molar-refractivity contribution < 1.29 is 13.5 Å². The normalized spacial score (nSPS) is 14.6. The monoisotopic (exact) mass is 243 g/mol. The van der Waals surface area contributed by atoms with Gasteiger partial charge in [-0.05, 0) is 38.6 Å². The predicted molar refractivity (Wildman–Crippen MR) is 63.9 cm³/mol. The first-order chi connectivity index (χ1) is 8.13. The number of halogens is 2. The third-order valence-corrected chi connectivity index (χ3v) is 2.76. The van der Waals surface area contributed by atoms with Crippen molar-refractivity contribution in [3.8, 4) is 0 Å². The lowest BCUT2D eigenvalue weighted by Gasteiger charge is -2.26. The van der Waals surface area contributed by atoms with E-state index in [-0.39, 0.29) is 12.1 Å². The molecule has 0 amide bonds. The van der Waals surface area contributed by atoms with Crippen LogP contribution in [0.15, 0.2) is 18.2 Å². The summed E-state index contributed by atoms with van der Waals surface area (Å²) in [5, 5.41) is 2.99. The average molecular weight is 243 g/mol. The van der Waals surface area contributed by atoms with E-state index in [1.54, 1.807) is 7.05 Å². The third-order valence-electron chi connectivity index (χ3n) is 2.76. The summed E-state index contributed by atoms with van der Waals surface area (Å²) in [5.41, 5.74) is 0.313. The fraction of sp³-hybridized carbons (Fsp3) is 0.538. The Morgan fingerprint density at radius 3 is 2.53 bits per heavy atom. The van der Waals surface area contributed by atoms with Gasteiger partial charge in [-0.25, -0.2) is 8.78 Å². The van der Waals surface area contributed by atoms with Gasteiger partial charge in [-0.3, -0.25) is 0 Å². The number of benzene rings is 1. The van der Waals surface area contributed by atoms with Crippen molar-refractivity contribution in [3.63, 3.8) is 0 Å². The molecule has 0 aliphatic rings. The minimum absolute atomic E-state index is 0.165. The van der Waals surface area contributed by atoms with Crippen molar-refractivity contribution in [2.75, 3.05) is 13.7 Å². The summed E-state index contributed by atoms with van der Waals surface area (Å²) >= 11 is 0. The zero-order valence-electron chi connectivity index (χ0n) is 10.5. The van der Waals surface area contributed by atoms with Crippen molar-refractivity contribution in [1.82, 2.24) is 5.32 Å². The molecule has 17 heavy (non-hydrogen) atoms. The summed E-state index contributed by atoms with van der Waals surface area (Å²) in [7, 11) is 1.72. The first-order valence-electron chi connectivity index (χ1n) is 5.87. The molecule has 0 saturated carbocycles. The molecule has 1 rings (SSSR count). The van der Waals surface area contributed by atoms with Crippen LogP contribution in [0, 0.1) is 11.6 Å². The number of nitrogens with one attached hydrogen (secondary N) is 1. The van der Waals surface area contributed by atoms with Gasteiger partial charge >= 0.3 is 0 Å². The molecule has 1 aromatic rings. The summed E-state index contributed by atoms with van der Waals surface area (Å²) in [4.78, 5) is 0. The van der Waals surface area contributed by atoms with Gasteiger partial charge in [-0.2, -0.15) is 0 Å². The van der Waals surface area contributed by atoms with Crippen molar-refractivity contribution in [3.05, 3.63) is 35.4 Å². The lowest BCUT2D eigenvalue weighted by Crippen LogP contribution is -2.32. The van der Waals surface area contributed by atoms with Crippen LogP contribution >= 0.6 is 0 Å². The molecule has 0 fully saturated rings. The largest absolute Gasteiger partial charge is 0.377 e. The van der Waals surface area contributed by atoms with Gasteiger partial charge in [0, 0.05) is 12.2 Å². The van der Waals surface area contributed by atoms with Crippen LogP contribution < -0.4 is 5.32 Å². The Morgan fingerprint density at radius 1 is 1.29 bits per heavy atom.